The Bertz CT molecular complexity index is 633. The maximum atomic E-state index is 7.35. The highest BCUT2D eigenvalue weighted by atomic mass is 79.9. The van der Waals surface area contributed by atoms with Crippen molar-refractivity contribution in [3.8, 4) is 12.8 Å². The molecule has 1 saturated heterocycles. The Morgan fingerprint density at radius 2 is 1.50 bits per heavy atom. The predicted molar refractivity (Wildman–Crippen MR) is 184 cm³/mol. The zero-order chi connectivity index (χ0) is 31.5. The third-order valence-corrected chi connectivity index (χ3v) is 5.68. The summed E-state index contributed by atoms with van der Waals surface area (Å²) in [5.74, 6) is 0.699. The van der Waals surface area contributed by atoms with Crippen molar-refractivity contribution in [2.45, 2.75) is 102 Å². The SMILES string of the molecule is C#C.C/C=C/Br.C=C(C=N)N1CCCCN(/C(C)=C(\N)C/C(Cl)=C\C)C1.C=CC(C)CC.CC.CC.CC. The number of halogens is 2. The number of nitrogens with two attached hydrogens (primary N) is 1. The van der Waals surface area contributed by atoms with Crippen molar-refractivity contribution in [2.75, 3.05) is 19.8 Å². The van der Waals surface area contributed by atoms with Crippen LogP contribution in [0.15, 0.2) is 58.5 Å². The molecule has 3 N–H and O–H groups in total. The molecule has 4 nitrogen and oxygen atoms in total. The van der Waals surface area contributed by atoms with E-state index in [1.54, 1.807) is 0 Å². The van der Waals surface area contributed by atoms with Gasteiger partial charge >= 0.3 is 0 Å². The van der Waals surface area contributed by atoms with E-state index >= 15 is 0 Å². The monoisotopic (exact) mass is 616 g/mol. The van der Waals surface area contributed by atoms with E-state index in [-0.39, 0.29) is 0 Å². The second kappa shape index (κ2) is 42.2. The Hall–Kier alpha value is -1.90. The number of rotatable bonds is 7. The Morgan fingerprint density at radius 3 is 1.79 bits per heavy atom. The van der Waals surface area contributed by atoms with Crippen LogP contribution in [0.5, 0.6) is 0 Å². The molecule has 0 saturated carbocycles. The number of allylic oxidation sites excluding steroid dienone is 6. The highest BCUT2D eigenvalue weighted by Crippen LogP contribution is 2.20. The topological polar surface area (TPSA) is 56.4 Å². The van der Waals surface area contributed by atoms with Crippen LogP contribution in [-0.4, -0.2) is 35.8 Å². The Kier molecular flexibility index (Phi) is 54.5. The van der Waals surface area contributed by atoms with E-state index in [0.29, 0.717) is 12.3 Å². The second-order valence-electron chi connectivity index (χ2n) is 7.11. The summed E-state index contributed by atoms with van der Waals surface area (Å²) in [5, 5.41) is 8.11. The standard InChI is InChI=1S/C15H25ClN4.C6H12.C3H5Br.3C2H6.C2H2/c1-4-14(16)9-15(18)13(3)20-8-6-5-7-19(11-20)12(2)10-17;1-4-6(3)5-2;1-2-3-4;4*1-2/h4,10,17H,2,5-9,11,18H2,1,3H3;4,6H,1,5H2,2-3H3;2-3H,1H3;3*1-2H3;1-2H/b14-4+,15-13-,17-10?;;3-2+;;;;. The molecule has 1 unspecified atom stereocenters. The minimum atomic E-state index is 0.589. The number of hydrogen-bond acceptors (Lipinski definition) is 4. The number of nitrogens with zero attached hydrogens (tertiary/aromatic N) is 2. The summed E-state index contributed by atoms with van der Waals surface area (Å²) < 4.78 is 0. The number of hydrogen-bond donors (Lipinski definition) is 2. The predicted octanol–water partition coefficient (Wildman–Crippen LogP) is 10.7. The molecule has 1 heterocycles. The lowest BCUT2D eigenvalue weighted by Gasteiger charge is -2.31. The van der Waals surface area contributed by atoms with E-state index in [2.05, 4.69) is 65.6 Å². The maximum absolute atomic E-state index is 7.35. The van der Waals surface area contributed by atoms with E-state index < -0.39 is 0 Å². The van der Waals surface area contributed by atoms with Gasteiger partial charge in [0, 0.05) is 47.8 Å². The lowest BCUT2D eigenvalue weighted by atomic mass is 10.1. The first-order valence-corrected chi connectivity index (χ1v) is 15.1. The molecule has 0 radical (unpaired) electrons. The first-order valence-electron chi connectivity index (χ1n) is 13.8. The van der Waals surface area contributed by atoms with Gasteiger partial charge in [0.15, 0.2) is 0 Å². The van der Waals surface area contributed by atoms with Gasteiger partial charge in [-0.1, -0.05) is 114 Å². The maximum Gasteiger partial charge on any atom is 0.0900 e. The van der Waals surface area contributed by atoms with Crippen molar-refractivity contribution in [1.82, 2.24) is 9.80 Å². The molecule has 1 aliphatic rings. The lowest BCUT2D eigenvalue weighted by Crippen LogP contribution is -2.36. The van der Waals surface area contributed by atoms with Gasteiger partial charge in [0.25, 0.3) is 0 Å². The first kappa shape index (κ1) is 49.1. The van der Waals surface area contributed by atoms with Crippen molar-refractivity contribution in [3.05, 3.63) is 58.5 Å². The zero-order valence-corrected chi connectivity index (χ0v) is 29.1. The van der Waals surface area contributed by atoms with Gasteiger partial charge in [-0.15, -0.1) is 19.4 Å². The van der Waals surface area contributed by atoms with Crippen LogP contribution in [0.4, 0.5) is 0 Å². The molecule has 1 aliphatic heterocycles. The van der Waals surface area contributed by atoms with Gasteiger partial charge in [-0.05, 0) is 44.5 Å². The summed E-state index contributed by atoms with van der Waals surface area (Å²) in [7, 11) is 0. The number of terminal acetylenes is 1. The molecular weight excluding hydrogens is 556 g/mol. The highest BCUT2D eigenvalue weighted by Gasteiger charge is 2.17. The fraction of sp³-hybridized carbons (Fsp3) is 0.594. The molecule has 0 aromatic rings. The van der Waals surface area contributed by atoms with Crippen molar-refractivity contribution < 1.29 is 0 Å². The van der Waals surface area contributed by atoms with Gasteiger partial charge in [-0.25, -0.2) is 0 Å². The molecule has 1 rings (SSSR count). The number of nitrogens with one attached hydrogen (secondary N) is 1. The summed E-state index contributed by atoms with van der Waals surface area (Å²) in [6.45, 7) is 32.4. The largest absolute Gasteiger partial charge is 0.400 e. The normalized spacial score (nSPS) is 13.4. The fourth-order valence-electron chi connectivity index (χ4n) is 2.33. The van der Waals surface area contributed by atoms with E-state index in [1.165, 1.54) is 12.6 Å². The van der Waals surface area contributed by atoms with Gasteiger partial charge in [0.05, 0.1) is 6.67 Å². The smallest absolute Gasteiger partial charge is 0.0900 e. The third kappa shape index (κ3) is 32.1. The Labute approximate surface area is 252 Å². The summed E-state index contributed by atoms with van der Waals surface area (Å²) in [5.41, 5.74) is 8.77. The summed E-state index contributed by atoms with van der Waals surface area (Å²) in [6, 6.07) is 0. The van der Waals surface area contributed by atoms with Gasteiger partial charge in [-0.2, -0.15) is 0 Å². The zero-order valence-electron chi connectivity index (χ0n) is 26.7. The average molecular weight is 618 g/mol. The van der Waals surface area contributed by atoms with Crippen LogP contribution in [0, 0.1) is 24.2 Å². The third-order valence-electron chi connectivity index (χ3n) is 4.80. The van der Waals surface area contributed by atoms with E-state index in [9.17, 15) is 0 Å². The molecule has 1 fully saturated rings. The molecule has 1 atom stereocenters. The molecule has 0 spiro atoms. The van der Waals surface area contributed by atoms with Crippen LogP contribution in [-0.2, 0) is 0 Å². The quantitative estimate of drug-likeness (QED) is 0.170. The molecule has 0 aliphatic carbocycles. The first-order chi connectivity index (χ1) is 18.2. The van der Waals surface area contributed by atoms with E-state index in [4.69, 9.17) is 22.7 Å². The van der Waals surface area contributed by atoms with Gasteiger partial charge < -0.3 is 20.9 Å². The molecule has 0 aromatic heterocycles. The van der Waals surface area contributed by atoms with Crippen molar-refractivity contribution in [3.63, 3.8) is 0 Å². The van der Waals surface area contributed by atoms with Crippen LogP contribution in [0.2, 0.25) is 0 Å². The van der Waals surface area contributed by atoms with Crippen LogP contribution in [0.25, 0.3) is 0 Å². The van der Waals surface area contributed by atoms with Crippen molar-refractivity contribution in [2.24, 2.45) is 11.7 Å². The minimum absolute atomic E-state index is 0.589. The molecule has 38 heavy (non-hydrogen) atoms. The minimum Gasteiger partial charge on any atom is -0.400 e. The van der Waals surface area contributed by atoms with E-state index in [0.717, 1.165) is 54.7 Å². The van der Waals surface area contributed by atoms with Crippen molar-refractivity contribution >= 4 is 33.7 Å². The average Bonchev–Trinajstić information content (AvgIpc) is 3.26. The summed E-state index contributed by atoms with van der Waals surface area (Å²) in [6.07, 6.45) is 19.1. The molecule has 224 valence electrons. The molecule has 0 bridgehead atoms. The van der Waals surface area contributed by atoms with Crippen LogP contribution >= 0.6 is 27.5 Å². The summed E-state index contributed by atoms with van der Waals surface area (Å²) >= 11 is 9.12. The molecule has 6 heteroatoms. The fourth-order valence-corrected chi connectivity index (χ4v) is 2.48. The van der Waals surface area contributed by atoms with Gasteiger partial charge in [0.1, 0.15) is 0 Å². The molecule has 0 amide bonds. The summed E-state index contributed by atoms with van der Waals surface area (Å²) in [4.78, 5) is 6.18. The van der Waals surface area contributed by atoms with Crippen molar-refractivity contribution in [1.29, 1.82) is 5.41 Å². The van der Waals surface area contributed by atoms with Gasteiger partial charge in [0.2, 0.25) is 0 Å². The Morgan fingerprint density at radius 1 is 1.08 bits per heavy atom. The Balaban J connectivity index is -0.000000117. The molecular formula is C32H62BrClN4. The highest BCUT2D eigenvalue weighted by molar-refractivity contribution is 9.11. The molecule has 0 aromatic carbocycles. The van der Waals surface area contributed by atoms with Gasteiger partial charge in [-0.3, -0.25) is 0 Å². The van der Waals surface area contributed by atoms with Crippen LogP contribution < -0.4 is 5.73 Å². The van der Waals surface area contributed by atoms with E-state index in [1.807, 2.05) is 85.5 Å². The van der Waals surface area contributed by atoms with Crippen LogP contribution in [0.3, 0.4) is 0 Å². The van der Waals surface area contributed by atoms with Crippen LogP contribution in [0.1, 0.15) is 102 Å². The lowest BCUT2D eigenvalue weighted by molar-refractivity contribution is 0.232. The second-order valence-corrected chi connectivity index (χ2v) is 8.13.